The van der Waals surface area contributed by atoms with E-state index in [4.69, 9.17) is 0 Å². The molecule has 0 aliphatic heterocycles. The summed E-state index contributed by atoms with van der Waals surface area (Å²) in [6.45, 7) is 1.78. The molecule has 8 heteroatoms. The number of sulfonamides is 1. The van der Waals surface area contributed by atoms with Gasteiger partial charge >= 0.3 is 0 Å². The highest BCUT2D eigenvalue weighted by Gasteiger charge is 2.18. The average Bonchev–Trinajstić information content (AvgIpc) is 2.67. The number of carbonyl (C=O) groups excluding carboxylic acids is 2. The predicted molar refractivity (Wildman–Crippen MR) is 110 cm³/mol. The Kier molecular flexibility index (Phi) is 6.71. The van der Waals surface area contributed by atoms with Crippen molar-refractivity contribution in [3.63, 3.8) is 0 Å². The second-order valence-corrected chi connectivity index (χ2v) is 8.44. The SMILES string of the molecule is CNC(=O)c1ccc(/C=C/C(=O)Nc2cc(S(=O)(=O)N(C)C)ccc2C)cc1. The van der Waals surface area contributed by atoms with Crippen LogP contribution in [0.5, 0.6) is 0 Å². The molecule has 28 heavy (non-hydrogen) atoms. The van der Waals surface area contributed by atoms with Crippen molar-refractivity contribution in [2.75, 3.05) is 26.5 Å². The highest BCUT2D eigenvalue weighted by molar-refractivity contribution is 7.89. The van der Waals surface area contributed by atoms with Crippen molar-refractivity contribution in [1.29, 1.82) is 0 Å². The number of aryl methyl sites for hydroxylation is 1. The first kappa shape index (κ1) is 21.3. The summed E-state index contributed by atoms with van der Waals surface area (Å²) < 4.78 is 25.6. The Labute approximate surface area is 165 Å². The molecule has 7 nitrogen and oxygen atoms in total. The molecule has 0 unspecified atom stereocenters. The van der Waals surface area contributed by atoms with Gasteiger partial charge in [-0.05, 0) is 48.4 Å². The highest BCUT2D eigenvalue weighted by Crippen LogP contribution is 2.22. The largest absolute Gasteiger partial charge is 0.355 e. The van der Waals surface area contributed by atoms with Gasteiger partial charge in [-0.2, -0.15) is 0 Å². The normalized spacial score (nSPS) is 11.6. The molecule has 0 fully saturated rings. The summed E-state index contributed by atoms with van der Waals surface area (Å²) in [5.74, 6) is -0.575. The lowest BCUT2D eigenvalue weighted by atomic mass is 10.1. The quantitative estimate of drug-likeness (QED) is 0.726. The van der Waals surface area contributed by atoms with Crippen molar-refractivity contribution in [1.82, 2.24) is 9.62 Å². The summed E-state index contributed by atoms with van der Waals surface area (Å²) in [6, 6.07) is 11.4. The lowest BCUT2D eigenvalue weighted by Crippen LogP contribution is -2.22. The number of benzene rings is 2. The summed E-state index contributed by atoms with van der Waals surface area (Å²) in [7, 11) is 0.868. The van der Waals surface area contributed by atoms with Gasteiger partial charge in [-0.25, -0.2) is 12.7 Å². The first-order chi connectivity index (χ1) is 13.1. The van der Waals surface area contributed by atoms with E-state index < -0.39 is 15.9 Å². The van der Waals surface area contributed by atoms with Gasteiger partial charge in [0.15, 0.2) is 0 Å². The number of amides is 2. The minimum absolute atomic E-state index is 0.104. The van der Waals surface area contributed by atoms with Crippen molar-refractivity contribution in [3.05, 3.63) is 65.2 Å². The number of nitrogens with zero attached hydrogens (tertiary/aromatic N) is 1. The van der Waals surface area contributed by atoms with Crippen LogP contribution in [0.2, 0.25) is 0 Å². The van der Waals surface area contributed by atoms with E-state index >= 15 is 0 Å². The molecule has 0 spiro atoms. The highest BCUT2D eigenvalue weighted by atomic mass is 32.2. The average molecular weight is 401 g/mol. The van der Waals surface area contributed by atoms with Gasteiger partial charge in [0.25, 0.3) is 5.91 Å². The Bertz CT molecular complexity index is 1010. The number of carbonyl (C=O) groups is 2. The second-order valence-electron chi connectivity index (χ2n) is 6.29. The molecular formula is C20H23N3O4S. The third-order valence-corrected chi connectivity index (χ3v) is 5.88. The van der Waals surface area contributed by atoms with Gasteiger partial charge in [-0.3, -0.25) is 9.59 Å². The minimum Gasteiger partial charge on any atom is -0.355 e. The molecule has 2 N–H and O–H groups in total. The fourth-order valence-electron chi connectivity index (χ4n) is 2.34. The molecule has 0 heterocycles. The van der Waals surface area contributed by atoms with Crippen LogP contribution in [-0.4, -0.2) is 45.7 Å². The van der Waals surface area contributed by atoms with Crippen LogP contribution in [0.1, 0.15) is 21.5 Å². The van der Waals surface area contributed by atoms with Crippen molar-refractivity contribution < 1.29 is 18.0 Å². The Morgan fingerprint density at radius 1 is 1.04 bits per heavy atom. The zero-order valence-corrected chi connectivity index (χ0v) is 17.0. The zero-order chi connectivity index (χ0) is 20.9. The molecule has 2 amide bonds. The van der Waals surface area contributed by atoms with Crippen LogP contribution in [0, 0.1) is 6.92 Å². The molecule has 0 aliphatic rings. The van der Waals surface area contributed by atoms with Crippen LogP contribution in [0.25, 0.3) is 6.08 Å². The van der Waals surface area contributed by atoms with Crippen LogP contribution in [0.3, 0.4) is 0 Å². The van der Waals surface area contributed by atoms with Crippen molar-refractivity contribution in [3.8, 4) is 0 Å². The molecule has 148 valence electrons. The predicted octanol–water partition coefficient (Wildman–Crippen LogP) is 2.26. The number of nitrogens with one attached hydrogen (secondary N) is 2. The van der Waals surface area contributed by atoms with Gasteiger partial charge in [0.1, 0.15) is 0 Å². The van der Waals surface area contributed by atoms with Gasteiger partial charge in [0.05, 0.1) is 4.90 Å². The molecule has 0 aliphatic carbocycles. The second kappa shape index (κ2) is 8.81. The van der Waals surface area contributed by atoms with E-state index in [0.717, 1.165) is 15.4 Å². The maximum atomic E-state index is 12.3. The zero-order valence-electron chi connectivity index (χ0n) is 16.2. The molecule has 2 rings (SSSR count). The molecular weight excluding hydrogens is 378 g/mol. The Balaban J connectivity index is 2.14. The maximum Gasteiger partial charge on any atom is 0.251 e. The topological polar surface area (TPSA) is 95.6 Å². The summed E-state index contributed by atoms with van der Waals surface area (Å²) in [5, 5.41) is 5.24. The van der Waals surface area contributed by atoms with Gasteiger partial charge < -0.3 is 10.6 Å². The van der Waals surface area contributed by atoms with Crippen molar-refractivity contribution in [2.45, 2.75) is 11.8 Å². The van der Waals surface area contributed by atoms with Crippen LogP contribution >= 0.6 is 0 Å². The first-order valence-electron chi connectivity index (χ1n) is 8.49. The molecule has 0 atom stereocenters. The Hall–Kier alpha value is -2.97. The number of hydrogen-bond acceptors (Lipinski definition) is 4. The third kappa shape index (κ3) is 5.05. The van der Waals surface area contributed by atoms with E-state index in [0.29, 0.717) is 11.3 Å². The standard InChI is InChI=1S/C20H23N3O4S/c1-14-5-11-17(28(26,27)23(3)4)13-18(14)22-19(24)12-8-15-6-9-16(10-7-15)20(25)21-2/h5-13H,1-4H3,(H,21,25)(H,22,24)/b12-8+. The van der Waals surface area contributed by atoms with Gasteiger partial charge in [-0.1, -0.05) is 18.2 Å². The van der Waals surface area contributed by atoms with Crippen LogP contribution in [0.4, 0.5) is 5.69 Å². The lowest BCUT2D eigenvalue weighted by molar-refractivity contribution is -0.111. The third-order valence-electron chi connectivity index (χ3n) is 4.07. The summed E-state index contributed by atoms with van der Waals surface area (Å²) in [6.07, 6.45) is 2.96. The fourth-order valence-corrected chi connectivity index (χ4v) is 3.27. The van der Waals surface area contributed by atoms with E-state index in [-0.39, 0.29) is 10.8 Å². The van der Waals surface area contributed by atoms with Crippen LogP contribution in [-0.2, 0) is 14.8 Å². The summed E-state index contributed by atoms with van der Waals surface area (Å²) >= 11 is 0. The number of hydrogen-bond donors (Lipinski definition) is 2. The van der Waals surface area contributed by atoms with E-state index in [1.54, 1.807) is 50.4 Å². The Morgan fingerprint density at radius 2 is 1.68 bits per heavy atom. The van der Waals surface area contributed by atoms with E-state index in [9.17, 15) is 18.0 Å². The number of anilines is 1. The van der Waals surface area contributed by atoms with Gasteiger partial charge in [-0.15, -0.1) is 0 Å². The summed E-state index contributed by atoms with van der Waals surface area (Å²) in [5.41, 5.74) is 2.45. The molecule has 0 aromatic heterocycles. The minimum atomic E-state index is -3.59. The molecule has 0 bridgehead atoms. The van der Waals surface area contributed by atoms with Gasteiger partial charge in [0, 0.05) is 38.5 Å². The van der Waals surface area contributed by atoms with E-state index in [1.165, 1.54) is 32.3 Å². The van der Waals surface area contributed by atoms with Gasteiger partial charge in [0.2, 0.25) is 15.9 Å². The van der Waals surface area contributed by atoms with Crippen LogP contribution in [0.15, 0.2) is 53.4 Å². The molecule has 2 aromatic rings. The first-order valence-corrected chi connectivity index (χ1v) is 9.93. The van der Waals surface area contributed by atoms with E-state index in [1.807, 2.05) is 0 Å². The molecule has 0 saturated heterocycles. The molecule has 0 radical (unpaired) electrons. The molecule has 0 saturated carbocycles. The maximum absolute atomic E-state index is 12.3. The summed E-state index contributed by atoms with van der Waals surface area (Å²) in [4.78, 5) is 23.9. The smallest absolute Gasteiger partial charge is 0.251 e. The van der Waals surface area contributed by atoms with Crippen molar-refractivity contribution in [2.24, 2.45) is 0 Å². The lowest BCUT2D eigenvalue weighted by Gasteiger charge is -2.14. The molecule has 2 aromatic carbocycles. The number of rotatable bonds is 6. The van der Waals surface area contributed by atoms with Crippen molar-refractivity contribution >= 4 is 33.6 Å². The van der Waals surface area contributed by atoms with E-state index in [2.05, 4.69) is 10.6 Å². The fraction of sp³-hybridized carbons (Fsp3) is 0.200. The van der Waals surface area contributed by atoms with Crippen LogP contribution < -0.4 is 10.6 Å². The Morgan fingerprint density at radius 3 is 2.25 bits per heavy atom. The monoisotopic (exact) mass is 401 g/mol.